The van der Waals surface area contributed by atoms with Crippen LogP contribution in [0.5, 0.6) is 0 Å². The first-order valence-electron chi connectivity index (χ1n) is 7.61. The van der Waals surface area contributed by atoms with E-state index >= 15 is 0 Å². The Morgan fingerprint density at radius 1 is 1.20 bits per heavy atom. The maximum atomic E-state index is 12.8. The zero-order chi connectivity index (χ0) is 14.7. The van der Waals surface area contributed by atoms with Crippen molar-refractivity contribution in [1.82, 2.24) is 5.32 Å². The Bertz CT molecular complexity index is 344. The van der Waals surface area contributed by atoms with E-state index in [1.165, 1.54) is 38.2 Å². The van der Waals surface area contributed by atoms with E-state index in [2.05, 4.69) is 12.2 Å². The molecular formula is C15H26FNO3. The molecule has 4 N–H and O–H groups in total. The molecule has 2 rings (SSSR count). The number of rotatable bonds is 4. The summed E-state index contributed by atoms with van der Waals surface area (Å²) in [5.74, 6) is 0.558. The summed E-state index contributed by atoms with van der Waals surface area (Å²) in [6, 6.07) is -0.300. The molecule has 0 amide bonds. The zero-order valence-corrected chi connectivity index (χ0v) is 12.0. The van der Waals surface area contributed by atoms with Gasteiger partial charge in [0, 0.05) is 6.04 Å². The van der Waals surface area contributed by atoms with Crippen molar-refractivity contribution in [3.8, 4) is 0 Å². The van der Waals surface area contributed by atoms with Crippen molar-refractivity contribution in [2.75, 3.05) is 6.67 Å². The van der Waals surface area contributed by atoms with Crippen molar-refractivity contribution in [3.63, 3.8) is 0 Å². The van der Waals surface area contributed by atoms with E-state index in [1.807, 2.05) is 0 Å². The van der Waals surface area contributed by atoms with Gasteiger partial charge in [-0.3, -0.25) is 0 Å². The quantitative estimate of drug-likeness (QED) is 0.580. The summed E-state index contributed by atoms with van der Waals surface area (Å²) in [4.78, 5) is 0. The van der Waals surface area contributed by atoms with Crippen molar-refractivity contribution in [1.29, 1.82) is 0 Å². The highest BCUT2D eigenvalue weighted by molar-refractivity contribution is 5.22. The van der Waals surface area contributed by atoms with Crippen molar-refractivity contribution in [2.45, 2.75) is 69.4 Å². The molecule has 2 aliphatic carbocycles. The molecule has 0 radical (unpaired) electrons. The normalized spacial score (nSPS) is 37.5. The highest BCUT2D eigenvalue weighted by Crippen LogP contribution is 2.28. The van der Waals surface area contributed by atoms with E-state index in [4.69, 9.17) is 0 Å². The Balaban J connectivity index is 2.01. The van der Waals surface area contributed by atoms with E-state index in [0.29, 0.717) is 5.92 Å². The number of aliphatic hydroxyl groups is 3. The van der Waals surface area contributed by atoms with Crippen molar-refractivity contribution in [3.05, 3.63) is 11.6 Å². The summed E-state index contributed by atoms with van der Waals surface area (Å²) >= 11 is 0. The van der Waals surface area contributed by atoms with Gasteiger partial charge in [0.2, 0.25) is 0 Å². The van der Waals surface area contributed by atoms with E-state index in [9.17, 15) is 19.7 Å². The fraction of sp³-hybridized carbons (Fsp3) is 0.867. The summed E-state index contributed by atoms with van der Waals surface area (Å²) in [5.41, 5.74) is 0.149. The summed E-state index contributed by atoms with van der Waals surface area (Å²) in [5, 5.41) is 32.8. The minimum atomic E-state index is -1.33. The Morgan fingerprint density at radius 3 is 2.45 bits per heavy atom. The van der Waals surface area contributed by atoms with Gasteiger partial charge in [-0.1, -0.05) is 25.3 Å². The van der Waals surface area contributed by atoms with Crippen molar-refractivity contribution in [2.24, 2.45) is 5.92 Å². The average molecular weight is 287 g/mol. The minimum absolute atomic E-state index is 0.149. The van der Waals surface area contributed by atoms with Gasteiger partial charge in [-0.15, -0.1) is 0 Å². The Labute approximate surface area is 119 Å². The molecule has 5 atom stereocenters. The number of aliphatic hydroxyl groups excluding tert-OH is 3. The second-order valence-corrected chi connectivity index (χ2v) is 6.18. The largest absolute Gasteiger partial charge is 0.388 e. The molecule has 116 valence electrons. The third-order valence-electron chi connectivity index (χ3n) is 4.78. The van der Waals surface area contributed by atoms with Crippen molar-refractivity contribution >= 4 is 0 Å². The van der Waals surface area contributed by atoms with Crippen LogP contribution in [0.25, 0.3) is 0 Å². The van der Waals surface area contributed by atoms with Gasteiger partial charge in [-0.25, -0.2) is 4.39 Å². The molecule has 0 bridgehead atoms. The molecule has 0 saturated heterocycles. The van der Waals surface area contributed by atoms with Crippen LogP contribution in [0.2, 0.25) is 0 Å². The van der Waals surface area contributed by atoms with E-state index < -0.39 is 31.0 Å². The van der Waals surface area contributed by atoms with Crippen LogP contribution in [-0.4, -0.2) is 52.4 Å². The van der Waals surface area contributed by atoms with Gasteiger partial charge in [0.05, 0.1) is 6.04 Å². The molecule has 5 heteroatoms. The minimum Gasteiger partial charge on any atom is -0.388 e. The molecule has 0 heterocycles. The van der Waals surface area contributed by atoms with Crippen LogP contribution in [0.15, 0.2) is 11.6 Å². The first-order chi connectivity index (χ1) is 9.54. The molecule has 0 spiro atoms. The van der Waals surface area contributed by atoms with Crippen LogP contribution in [0, 0.1) is 5.92 Å². The Hall–Kier alpha value is -0.490. The first kappa shape index (κ1) is 15.9. The molecule has 0 aromatic heterocycles. The molecule has 0 unspecified atom stereocenters. The molecule has 0 aliphatic heterocycles. The fourth-order valence-electron chi connectivity index (χ4n) is 3.39. The summed E-state index contributed by atoms with van der Waals surface area (Å²) < 4.78 is 12.8. The van der Waals surface area contributed by atoms with Gasteiger partial charge in [0.25, 0.3) is 0 Å². The molecule has 4 nitrogen and oxygen atoms in total. The molecule has 1 fully saturated rings. The third-order valence-corrected chi connectivity index (χ3v) is 4.78. The molecule has 1 saturated carbocycles. The third kappa shape index (κ3) is 3.39. The molecular weight excluding hydrogens is 261 g/mol. The van der Waals surface area contributed by atoms with Crippen molar-refractivity contribution < 1.29 is 19.7 Å². The lowest BCUT2D eigenvalue weighted by Gasteiger charge is -2.38. The molecule has 2 aliphatic rings. The van der Waals surface area contributed by atoms with Gasteiger partial charge in [0.1, 0.15) is 25.0 Å². The predicted octanol–water partition coefficient (Wildman–Crippen LogP) is 0.906. The van der Waals surface area contributed by atoms with E-state index in [-0.39, 0.29) is 11.6 Å². The lowest BCUT2D eigenvalue weighted by Crippen LogP contribution is -2.56. The number of hydrogen-bond donors (Lipinski definition) is 4. The lowest BCUT2D eigenvalue weighted by molar-refractivity contribution is -0.0648. The van der Waals surface area contributed by atoms with Gasteiger partial charge >= 0.3 is 0 Å². The van der Waals surface area contributed by atoms with Crippen LogP contribution >= 0.6 is 0 Å². The Kier molecular flexibility index (Phi) is 5.55. The van der Waals surface area contributed by atoms with Crippen LogP contribution < -0.4 is 5.32 Å². The van der Waals surface area contributed by atoms with Crippen LogP contribution in [0.3, 0.4) is 0 Å². The first-order valence-corrected chi connectivity index (χ1v) is 7.61. The lowest BCUT2D eigenvalue weighted by atomic mass is 9.83. The van der Waals surface area contributed by atoms with Crippen LogP contribution in [-0.2, 0) is 0 Å². The highest BCUT2D eigenvalue weighted by atomic mass is 19.1. The monoisotopic (exact) mass is 287 g/mol. The second-order valence-electron chi connectivity index (χ2n) is 6.18. The number of alkyl halides is 1. The average Bonchev–Trinajstić information content (AvgIpc) is 2.48. The standard InChI is InChI=1S/C15H26FNO3/c1-9(10-5-3-2-4-6-10)17-12-7-11(8-16)13(18)15(20)14(12)19/h7,9-10,12-15,17-20H,2-6,8H2,1H3/t9-,12-,13+,14+,15+/m1/s1. The van der Waals surface area contributed by atoms with E-state index in [0.717, 1.165) is 0 Å². The SMILES string of the molecule is C[C@@H](N[C@@H]1C=C(CF)[C@H](O)[C@H](O)[C@H]1O)C1CCCCC1. The summed E-state index contributed by atoms with van der Waals surface area (Å²) in [7, 11) is 0. The van der Waals surface area contributed by atoms with Gasteiger partial charge in [-0.05, 0) is 31.3 Å². The molecule has 0 aromatic rings. The highest BCUT2D eigenvalue weighted by Gasteiger charge is 2.38. The van der Waals surface area contributed by atoms with Gasteiger partial charge in [-0.2, -0.15) is 0 Å². The smallest absolute Gasteiger partial charge is 0.113 e. The maximum absolute atomic E-state index is 12.8. The van der Waals surface area contributed by atoms with Gasteiger partial charge < -0.3 is 20.6 Å². The maximum Gasteiger partial charge on any atom is 0.113 e. The summed E-state index contributed by atoms with van der Waals surface area (Å²) in [6.07, 6.45) is 3.87. The number of hydrogen-bond acceptors (Lipinski definition) is 4. The second kappa shape index (κ2) is 6.98. The molecule has 20 heavy (non-hydrogen) atoms. The summed E-state index contributed by atoms with van der Waals surface area (Å²) in [6.45, 7) is 1.27. The van der Waals surface area contributed by atoms with Crippen LogP contribution in [0.1, 0.15) is 39.0 Å². The molecule has 0 aromatic carbocycles. The topological polar surface area (TPSA) is 72.7 Å². The predicted molar refractivity (Wildman–Crippen MR) is 75.0 cm³/mol. The van der Waals surface area contributed by atoms with Crippen LogP contribution in [0.4, 0.5) is 4.39 Å². The number of halogens is 1. The number of nitrogens with one attached hydrogen (secondary N) is 1. The zero-order valence-electron chi connectivity index (χ0n) is 12.0. The van der Waals surface area contributed by atoms with E-state index in [1.54, 1.807) is 0 Å². The fourth-order valence-corrected chi connectivity index (χ4v) is 3.39. The Morgan fingerprint density at radius 2 is 1.85 bits per heavy atom. The van der Waals surface area contributed by atoms with Gasteiger partial charge in [0.15, 0.2) is 0 Å².